The predicted molar refractivity (Wildman–Crippen MR) is 76.1 cm³/mol. The first-order valence-corrected chi connectivity index (χ1v) is 6.78. The van der Waals surface area contributed by atoms with E-state index >= 15 is 0 Å². The molecule has 0 fully saturated rings. The zero-order chi connectivity index (χ0) is 13.5. The van der Waals surface area contributed by atoms with Gasteiger partial charge in [0, 0.05) is 23.0 Å². The normalized spacial score (nSPS) is 9.79. The second-order valence-electron chi connectivity index (χ2n) is 3.79. The van der Waals surface area contributed by atoms with Crippen LogP contribution in [0.4, 0.5) is 4.39 Å². The van der Waals surface area contributed by atoms with Gasteiger partial charge < -0.3 is 5.73 Å². The van der Waals surface area contributed by atoms with Gasteiger partial charge in [-0.25, -0.2) is 4.39 Å². The molecule has 1 heterocycles. The van der Waals surface area contributed by atoms with E-state index in [1.54, 1.807) is 36.3 Å². The maximum absolute atomic E-state index is 13.5. The Bertz CT molecular complexity index is 603. The average molecular weight is 272 g/mol. The van der Waals surface area contributed by atoms with Gasteiger partial charge in [0.25, 0.3) is 0 Å². The van der Waals surface area contributed by atoms with Crippen molar-refractivity contribution < 1.29 is 4.39 Å². The van der Waals surface area contributed by atoms with Gasteiger partial charge in [0.15, 0.2) is 0 Å². The van der Waals surface area contributed by atoms with Crippen LogP contribution >= 0.6 is 11.8 Å². The Morgan fingerprint density at radius 1 is 1.21 bits per heavy atom. The zero-order valence-corrected chi connectivity index (χ0v) is 11.1. The van der Waals surface area contributed by atoms with E-state index in [-0.39, 0.29) is 12.4 Å². The van der Waals surface area contributed by atoms with E-state index < -0.39 is 0 Å². The van der Waals surface area contributed by atoms with Crippen LogP contribution in [0.3, 0.4) is 0 Å². The summed E-state index contributed by atoms with van der Waals surface area (Å²) in [6, 6.07) is 8.89. The van der Waals surface area contributed by atoms with Gasteiger partial charge in [-0.15, -0.1) is 11.8 Å². The number of rotatable bonds is 3. The number of hydrogen-bond donors (Lipinski definition) is 1. The molecule has 1 aromatic heterocycles. The fourth-order valence-corrected chi connectivity index (χ4v) is 2.33. The summed E-state index contributed by atoms with van der Waals surface area (Å²) < 4.78 is 13.5. The Hall–Kier alpha value is -1.83. The molecule has 0 atom stereocenters. The first-order valence-electron chi connectivity index (χ1n) is 5.80. The molecule has 0 aliphatic rings. The van der Waals surface area contributed by atoms with E-state index in [0.29, 0.717) is 5.56 Å². The summed E-state index contributed by atoms with van der Waals surface area (Å²) in [7, 11) is 0. The molecule has 2 N–H and O–H groups in total. The molecule has 0 amide bonds. The number of benzene rings is 1. The Morgan fingerprint density at radius 3 is 2.74 bits per heavy atom. The summed E-state index contributed by atoms with van der Waals surface area (Å²) >= 11 is 1.68. The maximum atomic E-state index is 13.5. The quantitative estimate of drug-likeness (QED) is 0.690. The Morgan fingerprint density at radius 2 is 2.00 bits per heavy atom. The average Bonchev–Trinajstić information content (AvgIpc) is 2.46. The van der Waals surface area contributed by atoms with Crippen LogP contribution in [0.25, 0.3) is 0 Å². The summed E-state index contributed by atoms with van der Waals surface area (Å²) in [5.74, 6) is 5.87. The molecule has 2 aromatic rings. The van der Waals surface area contributed by atoms with E-state index in [9.17, 15) is 4.39 Å². The number of aromatic nitrogens is 1. The minimum Gasteiger partial charge on any atom is -0.320 e. The topological polar surface area (TPSA) is 38.9 Å². The number of nitrogens with zero attached hydrogens (tertiary/aromatic N) is 1. The van der Waals surface area contributed by atoms with Gasteiger partial charge in [-0.2, -0.15) is 0 Å². The molecule has 0 unspecified atom stereocenters. The van der Waals surface area contributed by atoms with Crippen molar-refractivity contribution in [1.29, 1.82) is 0 Å². The summed E-state index contributed by atoms with van der Waals surface area (Å²) in [6.07, 6.45) is 3.51. The smallest absolute Gasteiger partial charge is 0.138 e. The second-order valence-corrected chi connectivity index (χ2v) is 4.84. The van der Waals surface area contributed by atoms with Crippen molar-refractivity contribution in [3.63, 3.8) is 0 Å². The molecule has 0 spiro atoms. The van der Waals surface area contributed by atoms with Crippen molar-refractivity contribution in [2.45, 2.75) is 10.6 Å². The molecule has 0 aliphatic heterocycles. The Kier molecular flexibility index (Phi) is 4.96. The highest BCUT2D eigenvalue weighted by atomic mass is 32.2. The number of hydrogen-bond acceptors (Lipinski definition) is 3. The first-order chi connectivity index (χ1) is 9.29. The molecular formula is C15H13FN2S. The molecule has 0 bridgehead atoms. The molecule has 4 heteroatoms. The van der Waals surface area contributed by atoms with Crippen molar-refractivity contribution >= 4 is 11.8 Å². The van der Waals surface area contributed by atoms with Crippen LogP contribution in [0.1, 0.15) is 11.1 Å². The number of thioether (sulfide) groups is 1. The first kappa shape index (κ1) is 13.6. The third-order valence-electron chi connectivity index (χ3n) is 2.41. The van der Waals surface area contributed by atoms with Crippen molar-refractivity contribution in [3.8, 4) is 11.8 Å². The highest BCUT2D eigenvalue weighted by Gasteiger charge is 2.02. The van der Waals surface area contributed by atoms with Crippen molar-refractivity contribution in [1.82, 2.24) is 4.98 Å². The van der Waals surface area contributed by atoms with Gasteiger partial charge in [0.1, 0.15) is 5.82 Å². The van der Waals surface area contributed by atoms with E-state index in [4.69, 9.17) is 5.73 Å². The van der Waals surface area contributed by atoms with Gasteiger partial charge in [-0.3, -0.25) is 4.98 Å². The fourth-order valence-electron chi connectivity index (χ4n) is 1.51. The van der Waals surface area contributed by atoms with E-state index in [1.807, 2.05) is 12.1 Å². The molecule has 0 saturated heterocycles. The standard InChI is InChI=1S/C15H13FN2S/c16-15-4-3-12(10-13(15)2-1-7-17)11-19-14-5-8-18-9-6-14/h3-6,8-10H,7,11,17H2. The highest BCUT2D eigenvalue weighted by Crippen LogP contribution is 2.22. The Labute approximate surface area is 116 Å². The summed E-state index contributed by atoms with van der Waals surface area (Å²) in [5, 5.41) is 0. The molecule has 96 valence electrons. The van der Waals surface area contributed by atoms with Crippen molar-refractivity contribution in [2.75, 3.05) is 6.54 Å². The predicted octanol–water partition coefficient (Wildman–Crippen LogP) is 2.82. The van der Waals surface area contributed by atoms with Crippen LogP contribution in [0.5, 0.6) is 0 Å². The van der Waals surface area contributed by atoms with Crippen molar-refractivity contribution in [3.05, 3.63) is 59.7 Å². The number of halogens is 1. The SMILES string of the molecule is NCC#Cc1cc(CSc2ccncc2)ccc1F. The summed E-state index contributed by atoms with van der Waals surface area (Å²) in [6.45, 7) is 0.232. The molecule has 0 radical (unpaired) electrons. The third-order valence-corrected chi connectivity index (χ3v) is 3.49. The third kappa shape index (κ3) is 4.09. The van der Waals surface area contributed by atoms with Gasteiger partial charge in [0.05, 0.1) is 12.1 Å². The van der Waals surface area contributed by atoms with Gasteiger partial charge in [0.2, 0.25) is 0 Å². The molecule has 0 saturated carbocycles. The van der Waals surface area contributed by atoms with Gasteiger partial charge >= 0.3 is 0 Å². The largest absolute Gasteiger partial charge is 0.320 e. The minimum atomic E-state index is -0.307. The number of nitrogens with two attached hydrogens (primary N) is 1. The van der Waals surface area contributed by atoms with Crippen LogP contribution in [-0.2, 0) is 5.75 Å². The molecule has 2 nitrogen and oxygen atoms in total. The second kappa shape index (κ2) is 6.93. The molecule has 2 rings (SSSR count). The molecule has 1 aromatic carbocycles. The maximum Gasteiger partial charge on any atom is 0.138 e. The molecular weight excluding hydrogens is 259 g/mol. The molecule has 0 aliphatic carbocycles. The van der Waals surface area contributed by atoms with Gasteiger partial charge in [-0.05, 0) is 29.8 Å². The van der Waals surface area contributed by atoms with E-state index in [1.165, 1.54) is 6.07 Å². The summed E-state index contributed by atoms with van der Waals surface area (Å²) in [4.78, 5) is 5.10. The Balaban J connectivity index is 2.09. The lowest BCUT2D eigenvalue weighted by atomic mass is 10.1. The lowest BCUT2D eigenvalue weighted by molar-refractivity contribution is 0.624. The fraction of sp³-hybridized carbons (Fsp3) is 0.133. The van der Waals surface area contributed by atoms with Crippen LogP contribution < -0.4 is 5.73 Å². The van der Waals surface area contributed by atoms with Crippen molar-refractivity contribution in [2.24, 2.45) is 5.73 Å². The van der Waals surface area contributed by atoms with Crippen LogP contribution in [0.15, 0.2) is 47.6 Å². The minimum absolute atomic E-state index is 0.232. The van der Waals surface area contributed by atoms with Crippen LogP contribution in [0, 0.1) is 17.7 Å². The lowest BCUT2D eigenvalue weighted by Crippen LogP contribution is -1.94. The van der Waals surface area contributed by atoms with Crippen LogP contribution in [0.2, 0.25) is 0 Å². The summed E-state index contributed by atoms with van der Waals surface area (Å²) in [5.41, 5.74) is 6.73. The van der Waals surface area contributed by atoms with Gasteiger partial charge in [-0.1, -0.05) is 17.9 Å². The lowest BCUT2D eigenvalue weighted by Gasteiger charge is -2.03. The highest BCUT2D eigenvalue weighted by molar-refractivity contribution is 7.98. The van der Waals surface area contributed by atoms with E-state index in [2.05, 4.69) is 16.8 Å². The van der Waals surface area contributed by atoms with Crippen LogP contribution in [-0.4, -0.2) is 11.5 Å². The monoisotopic (exact) mass is 272 g/mol. The van der Waals surface area contributed by atoms with E-state index in [0.717, 1.165) is 16.2 Å². The molecule has 19 heavy (non-hydrogen) atoms. The zero-order valence-electron chi connectivity index (χ0n) is 10.3. The number of pyridine rings is 1.